The van der Waals surface area contributed by atoms with Crippen molar-refractivity contribution in [3.63, 3.8) is 0 Å². The van der Waals surface area contributed by atoms with Crippen LogP contribution in [0.4, 0.5) is 5.82 Å². The van der Waals surface area contributed by atoms with Gasteiger partial charge in [-0.15, -0.1) is 0 Å². The predicted octanol–water partition coefficient (Wildman–Crippen LogP) is 3.96. The van der Waals surface area contributed by atoms with Gasteiger partial charge in [-0.25, -0.2) is 4.98 Å². The van der Waals surface area contributed by atoms with Gasteiger partial charge in [0.1, 0.15) is 5.82 Å². The van der Waals surface area contributed by atoms with E-state index in [1.807, 2.05) is 6.20 Å². The van der Waals surface area contributed by atoms with Crippen LogP contribution in [0.2, 0.25) is 0 Å². The minimum atomic E-state index is 0.162. The Morgan fingerprint density at radius 2 is 1.65 bits per heavy atom. The van der Waals surface area contributed by atoms with E-state index in [9.17, 15) is 0 Å². The molecule has 3 rings (SSSR count). The van der Waals surface area contributed by atoms with Crippen molar-refractivity contribution >= 4 is 5.82 Å². The molecule has 2 nitrogen and oxygen atoms in total. The zero-order chi connectivity index (χ0) is 14.2. The molecule has 0 saturated carbocycles. The Hall–Kier alpha value is -1.83. The van der Waals surface area contributed by atoms with Crippen LogP contribution in [0.3, 0.4) is 0 Å². The Balaban J connectivity index is 1.68. The summed E-state index contributed by atoms with van der Waals surface area (Å²) in [6, 6.07) is 13.5. The lowest BCUT2D eigenvalue weighted by atomic mass is 9.88. The number of rotatable bonds is 2. The van der Waals surface area contributed by atoms with Crippen molar-refractivity contribution in [2.45, 2.75) is 45.1 Å². The summed E-state index contributed by atoms with van der Waals surface area (Å²) in [6.45, 7) is 6.64. The lowest BCUT2D eigenvalue weighted by molar-refractivity contribution is 0.587. The molecule has 1 aromatic carbocycles. The van der Waals surface area contributed by atoms with Crippen molar-refractivity contribution in [1.82, 2.24) is 4.98 Å². The first-order chi connectivity index (χ1) is 9.52. The minimum absolute atomic E-state index is 0.162. The van der Waals surface area contributed by atoms with Crippen LogP contribution in [-0.2, 0) is 18.3 Å². The molecular formula is C18H22N2. The van der Waals surface area contributed by atoms with Gasteiger partial charge < -0.3 is 5.32 Å². The van der Waals surface area contributed by atoms with Crippen LogP contribution in [0, 0.1) is 0 Å². The third-order valence-corrected chi connectivity index (χ3v) is 4.03. The highest BCUT2D eigenvalue weighted by Gasteiger charge is 2.21. The van der Waals surface area contributed by atoms with Gasteiger partial charge >= 0.3 is 0 Å². The summed E-state index contributed by atoms with van der Waals surface area (Å²) in [5, 5.41) is 3.56. The number of hydrogen-bond donors (Lipinski definition) is 1. The molecule has 1 heterocycles. The van der Waals surface area contributed by atoms with E-state index in [-0.39, 0.29) is 5.41 Å². The molecule has 1 aliphatic rings. The van der Waals surface area contributed by atoms with Crippen molar-refractivity contribution in [2.75, 3.05) is 5.32 Å². The molecule has 0 saturated heterocycles. The van der Waals surface area contributed by atoms with E-state index in [4.69, 9.17) is 0 Å². The van der Waals surface area contributed by atoms with E-state index in [1.54, 1.807) is 0 Å². The number of hydrogen-bond acceptors (Lipinski definition) is 2. The van der Waals surface area contributed by atoms with Crippen molar-refractivity contribution < 1.29 is 0 Å². The second kappa shape index (κ2) is 4.93. The Labute approximate surface area is 121 Å². The Morgan fingerprint density at radius 1 is 1.00 bits per heavy atom. The van der Waals surface area contributed by atoms with E-state index < -0.39 is 0 Å². The standard InChI is InChI=1S/C18H22N2/c1-18(2,3)15-8-9-17(19-12-15)20-16-10-13-6-4-5-7-14(13)11-16/h4-9,12,16H,10-11H2,1-3H3,(H,19,20). The highest BCUT2D eigenvalue weighted by molar-refractivity contribution is 5.42. The number of anilines is 1. The first-order valence-electron chi connectivity index (χ1n) is 7.32. The molecule has 2 heteroatoms. The topological polar surface area (TPSA) is 24.9 Å². The molecule has 0 radical (unpaired) electrons. The van der Waals surface area contributed by atoms with Crippen LogP contribution >= 0.6 is 0 Å². The third-order valence-electron chi connectivity index (χ3n) is 4.03. The number of nitrogens with zero attached hydrogens (tertiary/aromatic N) is 1. The van der Waals surface area contributed by atoms with Crippen LogP contribution in [0.5, 0.6) is 0 Å². The number of nitrogens with one attached hydrogen (secondary N) is 1. The molecule has 0 spiro atoms. The molecule has 20 heavy (non-hydrogen) atoms. The minimum Gasteiger partial charge on any atom is -0.367 e. The van der Waals surface area contributed by atoms with Crippen molar-refractivity contribution in [3.05, 3.63) is 59.3 Å². The fourth-order valence-corrected chi connectivity index (χ4v) is 2.79. The molecule has 1 aromatic heterocycles. The quantitative estimate of drug-likeness (QED) is 0.890. The van der Waals surface area contributed by atoms with Gasteiger partial charge in [0.25, 0.3) is 0 Å². The molecule has 2 aromatic rings. The molecule has 1 aliphatic carbocycles. The average Bonchev–Trinajstić information content (AvgIpc) is 2.80. The molecular weight excluding hydrogens is 244 g/mol. The molecule has 0 unspecified atom stereocenters. The van der Waals surface area contributed by atoms with Crippen molar-refractivity contribution in [2.24, 2.45) is 0 Å². The fraction of sp³-hybridized carbons (Fsp3) is 0.389. The van der Waals surface area contributed by atoms with Gasteiger partial charge in [0.05, 0.1) is 0 Å². The van der Waals surface area contributed by atoms with Crippen LogP contribution in [0.1, 0.15) is 37.5 Å². The second-order valence-corrected chi connectivity index (χ2v) is 6.70. The number of aromatic nitrogens is 1. The second-order valence-electron chi connectivity index (χ2n) is 6.70. The first kappa shape index (κ1) is 13.2. The lowest BCUT2D eigenvalue weighted by Crippen LogP contribution is -2.20. The van der Waals surface area contributed by atoms with E-state index in [0.29, 0.717) is 6.04 Å². The summed E-state index contributed by atoms with van der Waals surface area (Å²) < 4.78 is 0. The average molecular weight is 266 g/mol. The Bertz CT molecular complexity index is 569. The maximum absolute atomic E-state index is 4.56. The van der Waals surface area contributed by atoms with Gasteiger partial charge in [-0.05, 0) is 41.0 Å². The number of benzene rings is 1. The van der Waals surface area contributed by atoms with E-state index >= 15 is 0 Å². The SMILES string of the molecule is CC(C)(C)c1ccc(NC2Cc3ccccc3C2)nc1. The fourth-order valence-electron chi connectivity index (χ4n) is 2.79. The molecule has 0 bridgehead atoms. The van der Waals surface area contributed by atoms with Gasteiger partial charge in [-0.2, -0.15) is 0 Å². The van der Waals surface area contributed by atoms with Crippen LogP contribution in [0.15, 0.2) is 42.6 Å². The molecule has 0 aliphatic heterocycles. The Kier molecular flexibility index (Phi) is 3.25. The largest absolute Gasteiger partial charge is 0.367 e. The lowest BCUT2D eigenvalue weighted by Gasteiger charge is -2.19. The van der Waals surface area contributed by atoms with Gasteiger partial charge in [0.15, 0.2) is 0 Å². The van der Waals surface area contributed by atoms with Gasteiger partial charge in [0, 0.05) is 12.2 Å². The number of pyridine rings is 1. The molecule has 0 fully saturated rings. The third kappa shape index (κ3) is 2.69. The zero-order valence-electron chi connectivity index (χ0n) is 12.5. The maximum Gasteiger partial charge on any atom is 0.126 e. The molecule has 1 N–H and O–H groups in total. The smallest absolute Gasteiger partial charge is 0.126 e. The summed E-state index contributed by atoms with van der Waals surface area (Å²) in [4.78, 5) is 4.56. The van der Waals surface area contributed by atoms with Crippen LogP contribution < -0.4 is 5.32 Å². The highest BCUT2D eigenvalue weighted by Crippen LogP contribution is 2.25. The number of fused-ring (bicyclic) bond motifs is 1. The Morgan fingerprint density at radius 3 is 2.15 bits per heavy atom. The molecule has 0 amide bonds. The highest BCUT2D eigenvalue weighted by atomic mass is 15.0. The zero-order valence-corrected chi connectivity index (χ0v) is 12.5. The summed E-state index contributed by atoms with van der Waals surface area (Å²) in [5.74, 6) is 0.982. The molecule has 0 atom stereocenters. The van der Waals surface area contributed by atoms with E-state index in [2.05, 4.69) is 67.5 Å². The monoisotopic (exact) mass is 266 g/mol. The van der Waals surface area contributed by atoms with Gasteiger partial charge in [-0.3, -0.25) is 0 Å². The summed E-state index contributed by atoms with van der Waals surface area (Å²) in [6.07, 6.45) is 4.18. The normalized spacial score (nSPS) is 15.2. The van der Waals surface area contributed by atoms with E-state index in [1.165, 1.54) is 16.7 Å². The van der Waals surface area contributed by atoms with Crippen molar-refractivity contribution in [1.29, 1.82) is 0 Å². The first-order valence-corrected chi connectivity index (χ1v) is 7.32. The van der Waals surface area contributed by atoms with Crippen LogP contribution in [-0.4, -0.2) is 11.0 Å². The van der Waals surface area contributed by atoms with Gasteiger partial charge in [-0.1, -0.05) is 51.1 Å². The summed E-state index contributed by atoms with van der Waals surface area (Å²) >= 11 is 0. The van der Waals surface area contributed by atoms with E-state index in [0.717, 1.165) is 18.7 Å². The summed E-state index contributed by atoms with van der Waals surface area (Å²) in [5.41, 5.74) is 4.38. The molecule has 104 valence electrons. The summed E-state index contributed by atoms with van der Waals surface area (Å²) in [7, 11) is 0. The van der Waals surface area contributed by atoms with Crippen LogP contribution in [0.25, 0.3) is 0 Å². The van der Waals surface area contributed by atoms with Crippen molar-refractivity contribution in [3.8, 4) is 0 Å². The maximum atomic E-state index is 4.56. The predicted molar refractivity (Wildman–Crippen MR) is 84.2 cm³/mol. The van der Waals surface area contributed by atoms with Gasteiger partial charge in [0.2, 0.25) is 0 Å².